The molecule has 1 saturated carbocycles. The van der Waals surface area contributed by atoms with Gasteiger partial charge in [-0.1, -0.05) is 47.0 Å². The standard InChI is InChI=1S/C37H39ClN8O4/c1-20-22(23-7-5-9-26(31(23)38)43-35(48)32-40-27-17-39-14-11-29(27)44(32)2)6-4-8-25(20)42-34(47)33-41-28-19-46(15-12-30(28)45(33)3)18-21-10-13-37(36(49)50)16-24(21)37/h4-9,39H,10-19H2,1-3H3,(H,42,47)(H,43,48)(H,49,50). The highest BCUT2D eigenvalue weighted by Crippen LogP contribution is 2.62. The predicted octanol–water partition coefficient (Wildman–Crippen LogP) is 4.86. The summed E-state index contributed by atoms with van der Waals surface area (Å²) in [6, 6.07) is 11.2. The number of carboxylic acid groups (broad SMARTS) is 1. The van der Waals surface area contributed by atoms with Gasteiger partial charge in [-0.2, -0.15) is 0 Å². The van der Waals surface area contributed by atoms with Crippen LogP contribution in [-0.4, -0.2) is 66.5 Å². The van der Waals surface area contributed by atoms with Crippen LogP contribution in [0.2, 0.25) is 5.02 Å². The van der Waals surface area contributed by atoms with Gasteiger partial charge in [0.15, 0.2) is 11.6 Å². The second-order valence-corrected chi connectivity index (χ2v) is 14.2. The molecule has 1 fully saturated rings. The minimum Gasteiger partial charge on any atom is -0.481 e. The molecule has 0 spiro atoms. The molecule has 50 heavy (non-hydrogen) atoms. The monoisotopic (exact) mass is 694 g/mol. The van der Waals surface area contributed by atoms with Gasteiger partial charge in [-0.15, -0.1) is 0 Å². The van der Waals surface area contributed by atoms with Crippen molar-refractivity contribution in [2.75, 3.05) is 30.3 Å². The molecular formula is C37H39ClN8O4. The number of nitrogens with one attached hydrogen (secondary N) is 3. The molecule has 8 rings (SSSR count). The molecule has 2 aliphatic carbocycles. The minimum absolute atomic E-state index is 0.307. The first kappa shape index (κ1) is 32.4. The molecule has 1 atom stereocenters. The summed E-state index contributed by atoms with van der Waals surface area (Å²) in [5.74, 6) is -0.660. The number of imidazole rings is 2. The lowest BCUT2D eigenvalue weighted by atomic mass is 9.98. The van der Waals surface area contributed by atoms with Crippen LogP contribution < -0.4 is 16.0 Å². The third-order valence-corrected chi connectivity index (χ3v) is 11.4. The quantitative estimate of drug-likeness (QED) is 0.192. The Morgan fingerprint density at radius 3 is 2.26 bits per heavy atom. The number of anilines is 2. The first-order chi connectivity index (χ1) is 24.1. The number of carbonyl (C=O) groups excluding carboxylic acids is 2. The first-order valence-corrected chi connectivity index (χ1v) is 17.4. The van der Waals surface area contributed by atoms with Crippen LogP contribution in [0.1, 0.15) is 68.8 Å². The fourth-order valence-electron chi connectivity index (χ4n) is 8.07. The lowest BCUT2D eigenvalue weighted by Gasteiger charge is -2.27. The fourth-order valence-corrected chi connectivity index (χ4v) is 8.34. The Hall–Kier alpha value is -4.78. The molecule has 4 N–H and O–H groups in total. The van der Waals surface area contributed by atoms with Gasteiger partial charge in [-0.3, -0.25) is 19.3 Å². The number of carbonyl (C=O) groups is 3. The van der Waals surface area contributed by atoms with Crippen LogP contribution in [0, 0.1) is 12.3 Å². The number of benzene rings is 2. The van der Waals surface area contributed by atoms with E-state index >= 15 is 0 Å². The van der Waals surface area contributed by atoms with Crippen LogP contribution in [0.25, 0.3) is 11.1 Å². The molecule has 0 saturated heterocycles. The van der Waals surface area contributed by atoms with Gasteiger partial charge in [0.25, 0.3) is 11.8 Å². The minimum atomic E-state index is -0.693. The molecule has 2 aromatic heterocycles. The lowest BCUT2D eigenvalue weighted by molar-refractivity contribution is -0.142. The lowest BCUT2D eigenvalue weighted by Crippen LogP contribution is -2.32. The predicted molar refractivity (Wildman–Crippen MR) is 189 cm³/mol. The van der Waals surface area contributed by atoms with Crippen LogP contribution in [0.4, 0.5) is 11.4 Å². The SMILES string of the molecule is Cc1c(NC(=O)c2nc3c(n2C)CCN(CC2=C4CC4(C(=O)O)CC2)C3)cccc1-c1cccc(NC(=O)c2nc3c(n2C)CCNC3)c1Cl. The number of rotatable bonds is 8. The van der Waals surface area contributed by atoms with E-state index in [0.717, 1.165) is 83.9 Å². The van der Waals surface area contributed by atoms with Crippen molar-refractivity contribution in [1.82, 2.24) is 29.3 Å². The summed E-state index contributed by atoms with van der Waals surface area (Å²) in [6.07, 6.45) is 3.81. The first-order valence-electron chi connectivity index (χ1n) is 17.0. The molecule has 4 aliphatic rings. The molecule has 4 aromatic rings. The zero-order valence-corrected chi connectivity index (χ0v) is 29.1. The number of nitrogens with zero attached hydrogens (tertiary/aromatic N) is 5. The van der Waals surface area contributed by atoms with Crippen molar-refractivity contribution in [3.05, 3.63) is 92.6 Å². The highest BCUT2D eigenvalue weighted by Gasteiger charge is 2.59. The molecule has 2 amide bonds. The molecule has 1 unspecified atom stereocenters. The van der Waals surface area contributed by atoms with Crippen LogP contribution >= 0.6 is 11.6 Å². The van der Waals surface area contributed by atoms with Crippen molar-refractivity contribution in [3.8, 4) is 11.1 Å². The van der Waals surface area contributed by atoms with Gasteiger partial charge in [0.2, 0.25) is 0 Å². The van der Waals surface area contributed by atoms with E-state index < -0.39 is 11.4 Å². The number of aliphatic carboxylic acids is 1. The molecular weight excluding hydrogens is 656 g/mol. The van der Waals surface area contributed by atoms with Gasteiger partial charge in [0, 0.05) is 82.3 Å². The third kappa shape index (κ3) is 5.33. The molecule has 0 bridgehead atoms. The summed E-state index contributed by atoms with van der Waals surface area (Å²) >= 11 is 6.93. The average Bonchev–Trinajstić information content (AvgIpc) is 3.42. The smallest absolute Gasteiger partial charge is 0.314 e. The van der Waals surface area contributed by atoms with Crippen molar-refractivity contribution in [3.63, 3.8) is 0 Å². The Morgan fingerprint density at radius 1 is 0.920 bits per heavy atom. The topological polar surface area (TPSA) is 146 Å². The van der Waals surface area contributed by atoms with Crippen molar-refractivity contribution in [2.24, 2.45) is 19.5 Å². The zero-order chi connectivity index (χ0) is 34.9. The number of aromatic nitrogens is 4. The van der Waals surface area contributed by atoms with E-state index in [-0.39, 0.29) is 11.8 Å². The molecule has 13 heteroatoms. The van der Waals surface area contributed by atoms with Crippen molar-refractivity contribution in [1.29, 1.82) is 0 Å². The summed E-state index contributed by atoms with van der Waals surface area (Å²) in [6.45, 7) is 5.61. The maximum Gasteiger partial charge on any atom is 0.314 e. The van der Waals surface area contributed by atoms with Crippen LogP contribution in [0.3, 0.4) is 0 Å². The van der Waals surface area contributed by atoms with Crippen LogP contribution in [-0.2, 0) is 44.8 Å². The number of carboxylic acids is 1. The van der Waals surface area contributed by atoms with E-state index in [1.54, 1.807) is 6.07 Å². The molecule has 4 heterocycles. The van der Waals surface area contributed by atoms with Gasteiger partial charge in [-0.25, -0.2) is 9.97 Å². The van der Waals surface area contributed by atoms with Crippen molar-refractivity contribution < 1.29 is 19.5 Å². The second kappa shape index (κ2) is 12.2. The number of hydrogen-bond acceptors (Lipinski definition) is 7. The Kier molecular flexibility index (Phi) is 7.92. The van der Waals surface area contributed by atoms with Gasteiger partial charge < -0.3 is 30.2 Å². The molecule has 2 aliphatic heterocycles. The Bertz CT molecular complexity index is 2150. The molecule has 2 aromatic carbocycles. The number of halogens is 1. The van der Waals surface area contributed by atoms with E-state index in [2.05, 4.69) is 25.8 Å². The zero-order valence-electron chi connectivity index (χ0n) is 28.3. The van der Waals surface area contributed by atoms with E-state index in [1.165, 1.54) is 5.57 Å². The third-order valence-electron chi connectivity index (χ3n) is 11.0. The number of hydrogen-bond donors (Lipinski definition) is 4. The Morgan fingerprint density at radius 2 is 1.58 bits per heavy atom. The maximum atomic E-state index is 13.7. The summed E-state index contributed by atoms with van der Waals surface area (Å²) in [5, 5.41) is 19.3. The van der Waals surface area contributed by atoms with Crippen molar-refractivity contribution >= 4 is 40.8 Å². The number of amides is 2. The van der Waals surface area contributed by atoms with Gasteiger partial charge in [-0.05, 0) is 49.4 Å². The Balaban J connectivity index is 0.981. The summed E-state index contributed by atoms with van der Waals surface area (Å²) in [4.78, 5) is 50.4. The van der Waals surface area contributed by atoms with Gasteiger partial charge in [0.1, 0.15) is 0 Å². The van der Waals surface area contributed by atoms with Crippen LogP contribution in [0.5, 0.6) is 0 Å². The Labute approximate surface area is 294 Å². The van der Waals surface area contributed by atoms with E-state index in [9.17, 15) is 19.5 Å². The largest absolute Gasteiger partial charge is 0.481 e. The van der Waals surface area contributed by atoms with E-state index in [0.29, 0.717) is 54.0 Å². The van der Waals surface area contributed by atoms with E-state index in [1.807, 2.05) is 60.5 Å². The highest BCUT2D eigenvalue weighted by atomic mass is 35.5. The fraction of sp³-hybridized carbons (Fsp3) is 0.378. The summed E-state index contributed by atoms with van der Waals surface area (Å²) < 4.78 is 3.73. The second-order valence-electron chi connectivity index (χ2n) is 13.9. The van der Waals surface area contributed by atoms with Gasteiger partial charge in [0.05, 0.1) is 27.5 Å². The summed E-state index contributed by atoms with van der Waals surface area (Å²) in [5.41, 5.74) is 9.12. The number of fused-ring (bicyclic) bond motifs is 3. The van der Waals surface area contributed by atoms with E-state index in [4.69, 9.17) is 16.6 Å². The maximum absolute atomic E-state index is 13.7. The van der Waals surface area contributed by atoms with Crippen LogP contribution in [0.15, 0.2) is 47.5 Å². The average molecular weight is 695 g/mol. The molecule has 12 nitrogen and oxygen atoms in total. The molecule has 258 valence electrons. The van der Waals surface area contributed by atoms with Gasteiger partial charge >= 0.3 is 5.97 Å². The normalized spacial score (nSPS) is 19.5. The molecule has 0 radical (unpaired) electrons. The summed E-state index contributed by atoms with van der Waals surface area (Å²) in [7, 11) is 3.74. The van der Waals surface area contributed by atoms with Crippen molar-refractivity contribution in [2.45, 2.75) is 52.1 Å². The highest BCUT2D eigenvalue weighted by molar-refractivity contribution is 6.36.